The average Bonchev–Trinajstić information content (AvgIpc) is 2.15. The number of nitro groups is 1. The Morgan fingerprint density at radius 1 is 1.54 bits per heavy atom. The van der Waals surface area contributed by atoms with E-state index in [-0.39, 0.29) is 12.4 Å². The minimum atomic E-state index is -0.482. The highest BCUT2D eigenvalue weighted by atomic mass is 16.6. The Balaban J connectivity index is 2.73. The van der Waals surface area contributed by atoms with Gasteiger partial charge in [-0.2, -0.15) is 0 Å². The van der Waals surface area contributed by atoms with Gasteiger partial charge in [0.1, 0.15) is 6.73 Å². The van der Waals surface area contributed by atoms with Gasteiger partial charge in [0.2, 0.25) is 0 Å². The number of hydrogen-bond donors (Lipinski definition) is 3. The van der Waals surface area contributed by atoms with Crippen LogP contribution in [0.15, 0.2) is 24.3 Å². The smallest absolute Gasteiger partial charge is 0.271 e. The molecule has 0 aliphatic heterocycles. The summed E-state index contributed by atoms with van der Waals surface area (Å²) in [6.07, 6.45) is 0. The van der Waals surface area contributed by atoms with Gasteiger partial charge in [0.05, 0.1) is 10.6 Å². The molecule has 6 nitrogen and oxygen atoms in total. The van der Waals surface area contributed by atoms with Gasteiger partial charge < -0.3 is 10.5 Å². The number of aliphatic hydroxyl groups is 1. The van der Waals surface area contributed by atoms with Gasteiger partial charge >= 0.3 is 0 Å². The molecule has 0 aliphatic carbocycles. The van der Waals surface area contributed by atoms with E-state index in [1.165, 1.54) is 12.1 Å². The van der Waals surface area contributed by atoms with Crippen LogP contribution in [-0.2, 0) is 0 Å². The van der Waals surface area contributed by atoms with Crippen molar-refractivity contribution in [2.45, 2.75) is 0 Å². The fourth-order valence-corrected chi connectivity index (χ4v) is 0.839. The standard InChI is InChI=1S/C7H9N3O3/c11-5-8-9-6-2-1-3-7(4-6)10(12)13/h1-4,8-9,11H,5H2. The lowest BCUT2D eigenvalue weighted by molar-refractivity contribution is -0.384. The molecule has 0 fully saturated rings. The number of hydrazine groups is 1. The number of aliphatic hydroxyl groups excluding tert-OH is 1. The highest BCUT2D eigenvalue weighted by Crippen LogP contribution is 2.15. The molecule has 0 unspecified atom stereocenters. The highest BCUT2D eigenvalue weighted by molar-refractivity contribution is 5.50. The van der Waals surface area contributed by atoms with Crippen LogP contribution in [0.5, 0.6) is 0 Å². The van der Waals surface area contributed by atoms with Crippen LogP contribution in [0.3, 0.4) is 0 Å². The largest absolute Gasteiger partial charge is 0.380 e. The zero-order valence-corrected chi connectivity index (χ0v) is 6.73. The Morgan fingerprint density at radius 2 is 2.31 bits per heavy atom. The van der Waals surface area contributed by atoms with Crippen molar-refractivity contribution in [2.24, 2.45) is 0 Å². The summed E-state index contributed by atoms with van der Waals surface area (Å²) < 4.78 is 0. The molecule has 0 saturated heterocycles. The lowest BCUT2D eigenvalue weighted by atomic mass is 10.3. The van der Waals surface area contributed by atoms with Crippen molar-refractivity contribution in [3.05, 3.63) is 34.4 Å². The zero-order valence-electron chi connectivity index (χ0n) is 6.73. The molecule has 1 aromatic rings. The van der Waals surface area contributed by atoms with Crippen LogP contribution < -0.4 is 10.9 Å². The fourth-order valence-electron chi connectivity index (χ4n) is 0.839. The molecule has 0 radical (unpaired) electrons. The van der Waals surface area contributed by atoms with Crippen LogP contribution in [0, 0.1) is 10.1 Å². The number of nitro benzene ring substituents is 1. The minimum Gasteiger partial charge on any atom is -0.380 e. The van der Waals surface area contributed by atoms with Gasteiger partial charge in [-0.25, -0.2) is 5.43 Å². The molecular formula is C7H9N3O3. The predicted octanol–water partition coefficient (Wildman–Crippen LogP) is 0.461. The quantitative estimate of drug-likeness (QED) is 0.358. The number of anilines is 1. The molecule has 70 valence electrons. The van der Waals surface area contributed by atoms with Crippen molar-refractivity contribution in [1.29, 1.82) is 0 Å². The lowest BCUT2D eigenvalue weighted by Gasteiger charge is -2.04. The van der Waals surface area contributed by atoms with Crippen molar-refractivity contribution in [3.63, 3.8) is 0 Å². The van der Waals surface area contributed by atoms with Gasteiger partial charge in [0.15, 0.2) is 0 Å². The maximum absolute atomic E-state index is 10.3. The van der Waals surface area contributed by atoms with Crippen LogP contribution in [0.2, 0.25) is 0 Å². The predicted molar refractivity (Wildman–Crippen MR) is 46.9 cm³/mol. The van der Waals surface area contributed by atoms with Crippen molar-refractivity contribution in [3.8, 4) is 0 Å². The van der Waals surface area contributed by atoms with E-state index in [0.29, 0.717) is 5.69 Å². The molecule has 0 aliphatic rings. The van der Waals surface area contributed by atoms with E-state index in [1.54, 1.807) is 12.1 Å². The first kappa shape index (κ1) is 9.43. The number of rotatable bonds is 4. The van der Waals surface area contributed by atoms with E-state index in [2.05, 4.69) is 10.9 Å². The lowest BCUT2D eigenvalue weighted by Crippen LogP contribution is -2.22. The van der Waals surface area contributed by atoms with E-state index >= 15 is 0 Å². The summed E-state index contributed by atoms with van der Waals surface area (Å²) in [4.78, 5) is 9.85. The molecule has 0 amide bonds. The Kier molecular flexibility index (Phi) is 3.18. The summed E-state index contributed by atoms with van der Waals surface area (Å²) in [6.45, 7) is -0.247. The van der Waals surface area contributed by atoms with Crippen LogP contribution in [0.25, 0.3) is 0 Å². The highest BCUT2D eigenvalue weighted by Gasteiger charge is 2.04. The summed E-state index contributed by atoms with van der Waals surface area (Å²) >= 11 is 0. The Hall–Kier alpha value is -1.66. The number of nitrogens with zero attached hydrogens (tertiary/aromatic N) is 1. The van der Waals surface area contributed by atoms with Gasteiger partial charge in [-0.1, -0.05) is 6.07 Å². The third-order valence-electron chi connectivity index (χ3n) is 1.37. The van der Waals surface area contributed by atoms with Gasteiger partial charge in [0.25, 0.3) is 5.69 Å². The summed E-state index contributed by atoms with van der Waals surface area (Å²) in [6, 6.07) is 5.96. The van der Waals surface area contributed by atoms with Crippen molar-refractivity contribution >= 4 is 11.4 Å². The summed E-state index contributed by atoms with van der Waals surface area (Å²) in [5, 5.41) is 18.7. The molecule has 13 heavy (non-hydrogen) atoms. The molecule has 0 aromatic heterocycles. The van der Waals surface area contributed by atoms with Crippen molar-refractivity contribution < 1.29 is 10.0 Å². The molecule has 1 aromatic carbocycles. The first-order valence-corrected chi connectivity index (χ1v) is 3.58. The van der Waals surface area contributed by atoms with E-state index < -0.39 is 4.92 Å². The Bertz CT molecular complexity index is 303. The summed E-state index contributed by atoms with van der Waals surface area (Å²) in [7, 11) is 0. The topological polar surface area (TPSA) is 87.4 Å². The van der Waals surface area contributed by atoms with Crippen LogP contribution in [0.4, 0.5) is 11.4 Å². The minimum absolute atomic E-state index is 0.00439. The molecule has 0 bridgehead atoms. The Morgan fingerprint density at radius 3 is 2.92 bits per heavy atom. The van der Waals surface area contributed by atoms with Gasteiger partial charge in [-0.3, -0.25) is 10.1 Å². The summed E-state index contributed by atoms with van der Waals surface area (Å²) in [5.41, 5.74) is 5.53. The van der Waals surface area contributed by atoms with E-state index in [4.69, 9.17) is 5.11 Å². The number of nitrogens with one attached hydrogen (secondary N) is 2. The maximum atomic E-state index is 10.3. The molecule has 3 N–H and O–H groups in total. The van der Waals surface area contributed by atoms with Crippen LogP contribution in [0.1, 0.15) is 0 Å². The SMILES string of the molecule is O=[N+]([O-])c1cccc(NNCO)c1. The number of benzene rings is 1. The first-order valence-electron chi connectivity index (χ1n) is 3.58. The average molecular weight is 183 g/mol. The normalized spacial score (nSPS) is 9.62. The van der Waals surface area contributed by atoms with E-state index in [0.717, 1.165) is 0 Å². The second kappa shape index (κ2) is 4.39. The number of non-ortho nitro benzene ring substituents is 1. The summed E-state index contributed by atoms with van der Waals surface area (Å²) in [5.74, 6) is 0. The van der Waals surface area contributed by atoms with Gasteiger partial charge in [-0.05, 0) is 6.07 Å². The van der Waals surface area contributed by atoms with Crippen LogP contribution >= 0.6 is 0 Å². The second-order valence-electron chi connectivity index (χ2n) is 2.27. The van der Waals surface area contributed by atoms with E-state index in [9.17, 15) is 10.1 Å². The molecule has 6 heteroatoms. The fraction of sp³-hybridized carbons (Fsp3) is 0.143. The zero-order chi connectivity index (χ0) is 9.68. The molecular weight excluding hydrogens is 174 g/mol. The van der Waals surface area contributed by atoms with Crippen molar-refractivity contribution in [1.82, 2.24) is 5.43 Å². The second-order valence-corrected chi connectivity index (χ2v) is 2.27. The van der Waals surface area contributed by atoms with Crippen LogP contribution in [-0.4, -0.2) is 16.8 Å². The monoisotopic (exact) mass is 183 g/mol. The van der Waals surface area contributed by atoms with Gasteiger partial charge in [-0.15, -0.1) is 0 Å². The third-order valence-corrected chi connectivity index (χ3v) is 1.37. The molecule has 0 spiro atoms. The molecule has 0 heterocycles. The molecule has 0 saturated carbocycles. The molecule has 1 rings (SSSR count). The van der Waals surface area contributed by atoms with Crippen molar-refractivity contribution in [2.75, 3.05) is 12.2 Å². The molecule has 0 atom stereocenters. The van der Waals surface area contributed by atoms with E-state index in [1.807, 2.05) is 0 Å². The maximum Gasteiger partial charge on any atom is 0.271 e. The Labute approximate surface area is 74.3 Å². The third kappa shape index (κ3) is 2.69. The first-order chi connectivity index (χ1) is 6.24. The number of hydrogen-bond acceptors (Lipinski definition) is 5. The van der Waals surface area contributed by atoms with Gasteiger partial charge in [0, 0.05) is 12.1 Å².